The van der Waals surface area contributed by atoms with Gasteiger partial charge in [0.1, 0.15) is 5.75 Å². The standard InChI is InChI=1S/C16H23N3O2/c1-12(9-10-17)7-8-16-18-15(19-21-16)11-13-5-3-4-6-14(13)20-2/h3-6,12H,7-11,17H2,1-2H3. The lowest BCUT2D eigenvalue weighted by Crippen LogP contribution is -2.06. The SMILES string of the molecule is COc1ccccc1Cc1noc(CCC(C)CCN)n1. The number of para-hydroxylation sites is 1. The summed E-state index contributed by atoms with van der Waals surface area (Å²) in [5, 5.41) is 4.04. The number of ether oxygens (including phenoxy) is 1. The highest BCUT2D eigenvalue weighted by atomic mass is 16.5. The lowest BCUT2D eigenvalue weighted by molar-refractivity contribution is 0.358. The molecule has 1 atom stereocenters. The number of hydrogen-bond acceptors (Lipinski definition) is 5. The van der Waals surface area contributed by atoms with Crippen molar-refractivity contribution in [1.82, 2.24) is 10.1 Å². The van der Waals surface area contributed by atoms with Crippen LogP contribution in [0.5, 0.6) is 5.75 Å². The second-order valence-corrected chi connectivity index (χ2v) is 5.31. The van der Waals surface area contributed by atoms with Crippen LogP contribution in [-0.4, -0.2) is 23.8 Å². The third kappa shape index (κ3) is 4.56. The van der Waals surface area contributed by atoms with Gasteiger partial charge in [-0.15, -0.1) is 0 Å². The van der Waals surface area contributed by atoms with Gasteiger partial charge in [-0.2, -0.15) is 4.98 Å². The second kappa shape index (κ2) is 7.78. The van der Waals surface area contributed by atoms with Crippen LogP contribution in [0.1, 0.15) is 37.0 Å². The molecular formula is C16H23N3O2. The van der Waals surface area contributed by atoms with E-state index in [0.29, 0.717) is 24.1 Å². The van der Waals surface area contributed by atoms with Crippen LogP contribution in [0.3, 0.4) is 0 Å². The summed E-state index contributed by atoms with van der Waals surface area (Å²) in [5.41, 5.74) is 6.61. The van der Waals surface area contributed by atoms with Crippen LogP contribution in [-0.2, 0) is 12.8 Å². The molecule has 0 aliphatic carbocycles. The van der Waals surface area contributed by atoms with Crippen LogP contribution >= 0.6 is 0 Å². The summed E-state index contributed by atoms with van der Waals surface area (Å²) in [4.78, 5) is 4.45. The molecule has 0 spiro atoms. The van der Waals surface area contributed by atoms with Crippen molar-refractivity contribution in [3.63, 3.8) is 0 Å². The summed E-state index contributed by atoms with van der Waals surface area (Å²) in [6, 6.07) is 7.87. The third-order valence-corrected chi connectivity index (χ3v) is 3.56. The molecule has 0 bridgehead atoms. The highest BCUT2D eigenvalue weighted by molar-refractivity contribution is 5.35. The molecule has 5 nitrogen and oxygen atoms in total. The van der Waals surface area contributed by atoms with Gasteiger partial charge in [-0.25, -0.2) is 0 Å². The Kier molecular flexibility index (Phi) is 5.75. The molecule has 0 amide bonds. The molecule has 0 fully saturated rings. The molecular weight excluding hydrogens is 266 g/mol. The number of aromatic nitrogens is 2. The minimum atomic E-state index is 0.583. The highest BCUT2D eigenvalue weighted by Gasteiger charge is 2.11. The number of methoxy groups -OCH3 is 1. The largest absolute Gasteiger partial charge is 0.496 e. The van der Waals surface area contributed by atoms with Gasteiger partial charge in [-0.3, -0.25) is 0 Å². The average Bonchev–Trinajstić information content (AvgIpc) is 2.94. The molecule has 0 saturated carbocycles. The summed E-state index contributed by atoms with van der Waals surface area (Å²) in [6.07, 6.45) is 3.47. The van der Waals surface area contributed by atoms with Gasteiger partial charge < -0.3 is 15.0 Å². The molecule has 0 aliphatic heterocycles. The molecule has 1 aromatic heterocycles. The number of rotatable bonds is 8. The maximum absolute atomic E-state index is 5.55. The first-order valence-electron chi connectivity index (χ1n) is 7.36. The third-order valence-electron chi connectivity index (χ3n) is 3.56. The fraction of sp³-hybridized carbons (Fsp3) is 0.500. The zero-order valence-electron chi connectivity index (χ0n) is 12.7. The Labute approximate surface area is 125 Å². The van der Waals surface area contributed by atoms with Gasteiger partial charge in [-0.1, -0.05) is 30.3 Å². The Morgan fingerprint density at radius 1 is 1.29 bits per heavy atom. The molecule has 1 aromatic carbocycles. The smallest absolute Gasteiger partial charge is 0.226 e. The first-order valence-corrected chi connectivity index (χ1v) is 7.36. The lowest BCUT2D eigenvalue weighted by atomic mass is 10.0. The Morgan fingerprint density at radius 2 is 2.10 bits per heavy atom. The molecule has 0 aliphatic rings. The van der Waals surface area contributed by atoms with E-state index in [1.165, 1.54) is 0 Å². The van der Waals surface area contributed by atoms with E-state index in [4.69, 9.17) is 15.0 Å². The number of nitrogens with two attached hydrogens (primary N) is 1. The number of hydrogen-bond donors (Lipinski definition) is 1. The topological polar surface area (TPSA) is 74.2 Å². The second-order valence-electron chi connectivity index (χ2n) is 5.31. The van der Waals surface area contributed by atoms with Crippen molar-refractivity contribution in [3.8, 4) is 5.75 Å². The molecule has 1 heterocycles. The number of nitrogens with zero attached hydrogens (tertiary/aromatic N) is 2. The summed E-state index contributed by atoms with van der Waals surface area (Å²) >= 11 is 0. The predicted octanol–water partition coefficient (Wildman–Crippen LogP) is 2.59. The van der Waals surface area contributed by atoms with E-state index in [2.05, 4.69) is 17.1 Å². The maximum Gasteiger partial charge on any atom is 0.226 e. The Hall–Kier alpha value is -1.88. The fourth-order valence-corrected chi connectivity index (χ4v) is 2.28. The van der Waals surface area contributed by atoms with E-state index >= 15 is 0 Å². The summed E-state index contributed by atoms with van der Waals surface area (Å²) in [5.74, 6) is 2.82. The van der Waals surface area contributed by atoms with Gasteiger partial charge in [0, 0.05) is 18.4 Å². The minimum absolute atomic E-state index is 0.583. The first-order chi connectivity index (χ1) is 10.2. The van der Waals surface area contributed by atoms with Crippen LogP contribution in [0.2, 0.25) is 0 Å². The number of benzene rings is 1. The van der Waals surface area contributed by atoms with Crippen LogP contribution in [0.15, 0.2) is 28.8 Å². The van der Waals surface area contributed by atoms with Crippen LogP contribution in [0, 0.1) is 5.92 Å². The lowest BCUT2D eigenvalue weighted by Gasteiger charge is -2.06. The van der Waals surface area contributed by atoms with Gasteiger partial charge in [0.25, 0.3) is 0 Å². The number of aryl methyl sites for hydroxylation is 1. The van der Waals surface area contributed by atoms with Gasteiger partial charge in [0.05, 0.1) is 7.11 Å². The van der Waals surface area contributed by atoms with E-state index in [9.17, 15) is 0 Å². The highest BCUT2D eigenvalue weighted by Crippen LogP contribution is 2.20. The van der Waals surface area contributed by atoms with E-state index in [1.54, 1.807) is 7.11 Å². The molecule has 2 aromatic rings. The normalized spacial score (nSPS) is 12.3. The van der Waals surface area contributed by atoms with Gasteiger partial charge in [0.15, 0.2) is 5.82 Å². The van der Waals surface area contributed by atoms with Crippen molar-refractivity contribution >= 4 is 0 Å². The Balaban J connectivity index is 1.94. The van der Waals surface area contributed by atoms with Crippen LogP contribution in [0.4, 0.5) is 0 Å². The fourth-order valence-electron chi connectivity index (χ4n) is 2.28. The van der Waals surface area contributed by atoms with Crippen molar-refractivity contribution in [3.05, 3.63) is 41.5 Å². The molecule has 114 valence electrons. The van der Waals surface area contributed by atoms with Gasteiger partial charge >= 0.3 is 0 Å². The summed E-state index contributed by atoms with van der Waals surface area (Å²) in [6.45, 7) is 2.92. The zero-order chi connectivity index (χ0) is 15.1. The van der Waals surface area contributed by atoms with E-state index in [0.717, 1.165) is 37.1 Å². The van der Waals surface area contributed by atoms with Crippen molar-refractivity contribution in [2.45, 2.75) is 32.6 Å². The summed E-state index contributed by atoms with van der Waals surface area (Å²) < 4.78 is 10.6. The molecule has 1 unspecified atom stereocenters. The van der Waals surface area contributed by atoms with Crippen molar-refractivity contribution < 1.29 is 9.26 Å². The van der Waals surface area contributed by atoms with E-state index in [1.807, 2.05) is 24.3 Å². The van der Waals surface area contributed by atoms with Crippen molar-refractivity contribution in [2.75, 3.05) is 13.7 Å². The van der Waals surface area contributed by atoms with E-state index in [-0.39, 0.29) is 0 Å². The zero-order valence-corrected chi connectivity index (χ0v) is 12.7. The molecule has 2 rings (SSSR count). The van der Waals surface area contributed by atoms with Crippen molar-refractivity contribution in [2.24, 2.45) is 11.7 Å². The predicted molar refractivity (Wildman–Crippen MR) is 81.3 cm³/mol. The monoisotopic (exact) mass is 289 g/mol. The van der Waals surface area contributed by atoms with E-state index < -0.39 is 0 Å². The van der Waals surface area contributed by atoms with Crippen molar-refractivity contribution in [1.29, 1.82) is 0 Å². The first kappa shape index (κ1) is 15.5. The molecule has 21 heavy (non-hydrogen) atoms. The van der Waals surface area contributed by atoms with Crippen LogP contribution < -0.4 is 10.5 Å². The summed E-state index contributed by atoms with van der Waals surface area (Å²) in [7, 11) is 1.67. The molecule has 2 N–H and O–H groups in total. The average molecular weight is 289 g/mol. The quantitative estimate of drug-likeness (QED) is 0.808. The molecule has 0 saturated heterocycles. The van der Waals surface area contributed by atoms with Gasteiger partial charge in [-0.05, 0) is 31.4 Å². The minimum Gasteiger partial charge on any atom is -0.496 e. The Morgan fingerprint density at radius 3 is 2.86 bits per heavy atom. The molecule has 5 heteroatoms. The van der Waals surface area contributed by atoms with Crippen LogP contribution in [0.25, 0.3) is 0 Å². The van der Waals surface area contributed by atoms with Gasteiger partial charge in [0.2, 0.25) is 5.89 Å². The maximum atomic E-state index is 5.55. The molecule has 0 radical (unpaired) electrons. The Bertz CT molecular complexity index is 554.